The van der Waals surface area contributed by atoms with Crippen molar-refractivity contribution >= 4 is 35.1 Å². The van der Waals surface area contributed by atoms with E-state index in [-0.39, 0.29) is 11.8 Å². The third-order valence-corrected chi connectivity index (χ3v) is 8.33. The Morgan fingerprint density at radius 3 is 2.58 bits per heavy atom. The van der Waals surface area contributed by atoms with Crippen molar-refractivity contribution in [3.8, 4) is 22.8 Å². The van der Waals surface area contributed by atoms with Gasteiger partial charge in [-0.05, 0) is 48.2 Å². The second kappa shape index (κ2) is 10.4. The molecule has 0 bridgehead atoms. The standard InChI is InChI=1S/C31H24ClN5O2S/c32-23-15-13-21(14-16-23)28-27-24(7-4-8-25(27)38)34-30-35-31(36-37(28)30)40-18-19-9-11-22(12-10-19)29-33-17-26(39-29)20-5-2-1-3-6-20/h1-3,5-6,9-17,28H,4,7-8,18H2,(H,34,35,36)/t28-/m0/s1. The number of nitrogens with zero attached hydrogens (tertiary/aromatic N) is 4. The van der Waals surface area contributed by atoms with Gasteiger partial charge in [-0.15, -0.1) is 5.10 Å². The highest BCUT2D eigenvalue weighted by Crippen LogP contribution is 2.41. The molecule has 0 unspecified atom stereocenters. The Morgan fingerprint density at radius 2 is 1.77 bits per heavy atom. The Hall–Kier alpha value is -4.14. The van der Waals surface area contributed by atoms with E-state index in [1.54, 1.807) is 18.0 Å². The highest BCUT2D eigenvalue weighted by atomic mass is 35.5. The van der Waals surface area contributed by atoms with Crippen LogP contribution in [0.2, 0.25) is 5.02 Å². The molecular weight excluding hydrogens is 542 g/mol. The predicted octanol–water partition coefficient (Wildman–Crippen LogP) is 7.57. The van der Waals surface area contributed by atoms with Crippen molar-refractivity contribution in [1.82, 2.24) is 19.7 Å². The van der Waals surface area contributed by atoms with E-state index in [2.05, 4.69) is 22.4 Å². The van der Waals surface area contributed by atoms with Gasteiger partial charge in [-0.25, -0.2) is 9.67 Å². The van der Waals surface area contributed by atoms with Gasteiger partial charge >= 0.3 is 0 Å². The minimum atomic E-state index is -0.320. The van der Waals surface area contributed by atoms with Gasteiger partial charge in [-0.2, -0.15) is 4.98 Å². The molecule has 1 aliphatic carbocycles. The van der Waals surface area contributed by atoms with Crippen LogP contribution in [0.15, 0.2) is 106 Å². The molecule has 2 aliphatic rings. The summed E-state index contributed by atoms with van der Waals surface area (Å²) < 4.78 is 7.83. The number of halogens is 1. The molecule has 2 aromatic heterocycles. The maximum atomic E-state index is 13.0. The van der Waals surface area contributed by atoms with Crippen molar-refractivity contribution in [2.24, 2.45) is 0 Å². The van der Waals surface area contributed by atoms with Crippen molar-refractivity contribution in [1.29, 1.82) is 0 Å². The molecule has 3 aromatic carbocycles. The number of aromatic nitrogens is 4. The fourth-order valence-electron chi connectivity index (χ4n) is 5.19. The number of rotatable bonds is 6. The summed E-state index contributed by atoms with van der Waals surface area (Å²) in [5, 5.41) is 9.53. The first-order chi connectivity index (χ1) is 19.6. The van der Waals surface area contributed by atoms with E-state index < -0.39 is 0 Å². The van der Waals surface area contributed by atoms with Crippen LogP contribution >= 0.6 is 23.4 Å². The largest absolute Gasteiger partial charge is 0.436 e. The van der Waals surface area contributed by atoms with Gasteiger partial charge in [-0.3, -0.25) is 4.79 Å². The molecule has 1 aliphatic heterocycles. The fraction of sp³-hybridized carbons (Fsp3) is 0.161. The number of allylic oxidation sites excluding steroid dienone is 2. The number of ketones is 1. The van der Waals surface area contributed by atoms with Crippen LogP contribution in [0.4, 0.5) is 5.95 Å². The van der Waals surface area contributed by atoms with E-state index >= 15 is 0 Å². The molecule has 9 heteroatoms. The van der Waals surface area contributed by atoms with Gasteiger partial charge in [-0.1, -0.05) is 78.0 Å². The molecule has 0 amide bonds. The number of hydrogen-bond acceptors (Lipinski definition) is 7. The minimum absolute atomic E-state index is 0.158. The smallest absolute Gasteiger partial charge is 0.227 e. The SMILES string of the molecule is O=C1CCCC2=C1[C@H](c1ccc(Cl)cc1)n1nc(SCc3ccc(-c4ncc(-c5ccccc5)o4)cc3)nc1N2. The molecule has 7 rings (SSSR count). The van der Waals surface area contributed by atoms with Crippen LogP contribution in [0, 0.1) is 0 Å². The number of fused-ring (bicyclic) bond motifs is 1. The van der Waals surface area contributed by atoms with Crippen LogP contribution in [0.3, 0.4) is 0 Å². The molecule has 0 spiro atoms. The van der Waals surface area contributed by atoms with Crippen molar-refractivity contribution in [2.75, 3.05) is 5.32 Å². The molecule has 0 saturated heterocycles. The summed E-state index contributed by atoms with van der Waals surface area (Å²) in [5.74, 6) is 2.85. The average molecular weight is 566 g/mol. The highest BCUT2D eigenvalue weighted by molar-refractivity contribution is 7.98. The van der Waals surface area contributed by atoms with E-state index in [1.165, 1.54) is 0 Å². The quantitative estimate of drug-likeness (QED) is 0.212. The summed E-state index contributed by atoms with van der Waals surface area (Å²) in [7, 11) is 0. The summed E-state index contributed by atoms with van der Waals surface area (Å²) in [6.45, 7) is 0. The molecule has 0 saturated carbocycles. The van der Waals surface area contributed by atoms with Crippen LogP contribution in [0.25, 0.3) is 22.8 Å². The summed E-state index contributed by atoms with van der Waals surface area (Å²) in [4.78, 5) is 22.2. The number of Topliss-reactive ketones (excluding diaryl/α,β-unsaturated/α-hetero) is 1. The number of thioether (sulfide) groups is 1. The Balaban J connectivity index is 1.09. The van der Waals surface area contributed by atoms with Gasteiger partial charge in [0.2, 0.25) is 17.0 Å². The number of anilines is 1. The van der Waals surface area contributed by atoms with Crippen LogP contribution in [0.5, 0.6) is 0 Å². The zero-order valence-corrected chi connectivity index (χ0v) is 23.0. The van der Waals surface area contributed by atoms with Gasteiger partial charge in [0.25, 0.3) is 0 Å². The first kappa shape index (κ1) is 24.9. The Labute approximate surface area is 240 Å². The lowest BCUT2D eigenvalue weighted by atomic mass is 9.85. The summed E-state index contributed by atoms with van der Waals surface area (Å²) in [5.41, 5.74) is 5.74. The Bertz CT molecular complexity index is 1730. The van der Waals surface area contributed by atoms with E-state index in [4.69, 9.17) is 26.1 Å². The lowest BCUT2D eigenvalue weighted by molar-refractivity contribution is -0.116. The highest BCUT2D eigenvalue weighted by Gasteiger charge is 2.36. The van der Waals surface area contributed by atoms with Crippen LogP contribution in [0.1, 0.15) is 36.4 Å². The molecule has 7 nitrogen and oxygen atoms in total. The summed E-state index contributed by atoms with van der Waals surface area (Å²) >= 11 is 7.71. The molecular formula is C31H24ClN5O2S. The minimum Gasteiger partial charge on any atom is -0.436 e. The third-order valence-electron chi connectivity index (χ3n) is 7.17. The molecule has 1 N–H and O–H groups in total. The molecule has 0 fully saturated rings. The predicted molar refractivity (Wildman–Crippen MR) is 156 cm³/mol. The van der Waals surface area contributed by atoms with Crippen molar-refractivity contribution in [3.05, 3.63) is 112 Å². The topological polar surface area (TPSA) is 85.8 Å². The maximum absolute atomic E-state index is 13.0. The fourth-order valence-corrected chi connectivity index (χ4v) is 6.10. The number of nitrogens with one attached hydrogen (secondary N) is 1. The number of carbonyl (C=O) groups excluding carboxylic acids is 1. The zero-order chi connectivity index (χ0) is 27.1. The number of hydrogen-bond donors (Lipinski definition) is 1. The normalized spacial score (nSPS) is 16.4. The maximum Gasteiger partial charge on any atom is 0.227 e. The molecule has 5 aromatic rings. The number of oxazole rings is 1. The third kappa shape index (κ3) is 4.74. The van der Waals surface area contributed by atoms with Crippen molar-refractivity contribution in [3.63, 3.8) is 0 Å². The zero-order valence-electron chi connectivity index (χ0n) is 21.4. The first-order valence-corrected chi connectivity index (χ1v) is 14.5. The molecule has 3 heterocycles. The first-order valence-electron chi connectivity index (χ1n) is 13.1. The van der Waals surface area contributed by atoms with Crippen LogP contribution in [-0.2, 0) is 10.5 Å². The molecule has 40 heavy (non-hydrogen) atoms. The average Bonchev–Trinajstić information content (AvgIpc) is 3.64. The van der Waals surface area contributed by atoms with Crippen LogP contribution < -0.4 is 5.32 Å². The van der Waals surface area contributed by atoms with Gasteiger partial charge in [0.15, 0.2) is 11.5 Å². The van der Waals surface area contributed by atoms with Gasteiger partial charge < -0.3 is 9.73 Å². The summed E-state index contributed by atoms with van der Waals surface area (Å²) in [6.07, 6.45) is 3.97. The van der Waals surface area contributed by atoms with E-state index in [1.807, 2.05) is 71.4 Å². The lowest BCUT2D eigenvalue weighted by Gasteiger charge is -2.32. The number of carbonyl (C=O) groups is 1. The van der Waals surface area contributed by atoms with E-state index in [9.17, 15) is 4.79 Å². The van der Waals surface area contributed by atoms with Crippen LogP contribution in [-0.4, -0.2) is 25.5 Å². The van der Waals surface area contributed by atoms with Crippen molar-refractivity contribution in [2.45, 2.75) is 36.2 Å². The second-order valence-electron chi connectivity index (χ2n) is 9.79. The van der Waals surface area contributed by atoms with E-state index in [0.717, 1.165) is 52.1 Å². The summed E-state index contributed by atoms with van der Waals surface area (Å²) in [6, 6.07) is 25.4. The Kier molecular flexibility index (Phi) is 6.49. The second-order valence-corrected chi connectivity index (χ2v) is 11.2. The molecule has 198 valence electrons. The molecule has 1 atom stereocenters. The van der Waals surface area contributed by atoms with E-state index in [0.29, 0.717) is 34.2 Å². The van der Waals surface area contributed by atoms with Gasteiger partial charge in [0, 0.05) is 39.6 Å². The van der Waals surface area contributed by atoms with Gasteiger partial charge in [0.05, 0.1) is 6.20 Å². The van der Waals surface area contributed by atoms with Crippen molar-refractivity contribution < 1.29 is 9.21 Å². The number of benzene rings is 3. The monoisotopic (exact) mass is 565 g/mol. The Morgan fingerprint density at radius 1 is 0.975 bits per heavy atom. The van der Waals surface area contributed by atoms with Gasteiger partial charge in [0.1, 0.15) is 6.04 Å². The molecule has 0 radical (unpaired) electrons. The lowest BCUT2D eigenvalue weighted by Crippen LogP contribution is -2.31.